The molecule has 0 unspecified atom stereocenters. The first kappa shape index (κ1) is 20.5. The van der Waals surface area contributed by atoms with Crippen molar-refractivity contribution in [1.29, 1.82) is 0 Å². The number of halogens is 2. The lowest BCUT2D eigenvalue weighted by Crippen LogP contribution is -2.15. The Balaban J connectivity index is 1.82. The Bertz CT molecular complexity index is 1070. The van der Waals surface area contributed by atoms with Gasteiger partial charge in [-0.1, -0.05) is 17.3 Å². The van der Waals surface area contributed by atoms with Gasteiger partial charge in [0.25, 0.3) is 5.91 Å². The molecular formula is C19H15F2N3O4S. The fourth-order valence-electron chi connectivity index (χ4n) is 2.42. The summed E-state index contributed by atoms with van der Waals surface area (Å²) in [4.78, 5) is 29.0. The highest BCUT2D eigenvalue weighted by atomic mass is 32.2. The van der Waals surface area contributed by atoms with Gasteiger partial charge in [0.15, 0.2) is 5.82 Å². The average Bonchev–Trinajstić information content (AvgIpc) is 3.13. The summed E-state index contributed by atoms with van der Waals surface area (Å²) < 4.78 is 37.4. The number of carbonyl (C=O) groups is 2. The average molecular weight is 419 g/mol. The van der Waals surface area contributed by atoms with E-state index < -0.39 is 29.1 Å². The molecule has 0 spiro atoms. The van der Waals surface area contributed by atoms with Crippen LogP contribution in [-0.4, -0.2) is 29.1 Å². The quantitative estimate of drug-likeness (QED) is 0.477. The molecule has 0 aliphatic carbocycles. The highest BCUT2D eigenvalue weighted by molar-refractivity contribution is 7.98. The number of nitrogens with zero attached hydrogens (tertiary/aromatic N) is 2. The van der Waals surface area contributed by atoms with E-state index in [1.165, 1.54) is 11.8 Å². The summed E-state index contributed by atoms with van der Waals surface area (Å²) in [5.74, 6) is -2.48. The molecule has 0 radical (unpaired) electrons. The second-order valence-electron chi connectivity index (χ2n) is 5.78. The highest BCUT2D eigenvalue weighted by Crippen LogP contribution is 2.27. The summed E-state index contributed by atoms with van der Waals surface area (Å²) in [5.41, 5.74) is -0.570. The van der Waals surface area contributed by atoms with E-state index in [0.29, 0.717) is 28.4 Å². The number of aryl methyl sites for hydroxylation is 1. The maximum atomic E-state index is 14.1. The van der Waals surface area contributed by atoms with Crippen LogP contribution in [0.15, 0.2) is 45.8 Å². The molecule has 29 heavy (non-hydrogen) atoms. The van der Waals surface area contributed by atoms with Gasteiger partial charge in [0, 0.05) is 11.0 Å². The normalized spacial score (nSPS) is 10.6. The number of benzene rings is 2. The lowest BCUT2D eigenvalue weighted by atomic mass is 10.1. The maximum absolute atomic E-state index is 14.1. The first-order chi connectivity index (χ1) is 13.9. The minimum absolute atomic E-state index is 0.261. The molecule has 0 aliphatic rings. The first-order valence-electron chi connectivity index (χ1n) is 8.28. The second kappa shape index (κ2) is 8.82. The number of anilines is 1. The summed E-state index contributed by atoms with van der Waals surface area (Å²) in [6.45, 7) is 1.69. The molecular weight excluding hydrogens is 404 g/mol. The van der Waals surface area contributed by atoms with E-state index in [9.17, 15) is 18.4 Å². The van der Waals surface area contributed by atoms with Gasteiger partial charge in [-0.2, -0.15) is 4.98 Å². The van der Waals surface area contributed by atoms with Gasteiger partial charge in [-0.05, 0) is 25.1 Å². The molecule has 7 nitrogen and oxygen atoms in total. The topological polar surface area (TPSA) is 94.3 Å². The van der Waals surface area contributed by atoms with Crippen molar-refractivity contribution in [1.82, 2.24) is 10.1 Å². The molecule has 0 fully saturated rings. The summed E-state index contributed by atoms with van der Waals surface area (Å²) in [6.07, 6.45) is 0. The molecule has 0 atom stereocenters. The smallest absolute Gasteiger partial charge is 0.340 e. The van der Waals surface area contributed by atoms with Crippen LogP contribution in [0.2, 0.25) is 0 Å². The molecule has 0 aliphatic heterocycles. The van der Waals surface area contributed by atoms with Gasteiger partial charge in [0.05, 0.1) is 29.7 Å². The third-order valence-electron chi connectivity index (χ3n) is 3.76. The van der Waals surface area contributed by atoms with E-state index >= 15 is 0 Å². The lowest BCUT2D eigenvalue weighted by Gasteiger charge is -2.11. The number of thioether (sulfide) groups is 1. The molecule has 3 rings (SSSR count). The Labute approximate surface area is 168 Å². The third-order valence-corrected chi connectivity index (χ3v) is 4.82. The molecule has 1 aromatic heterocycles. The highest BCUT2D eigenvalue weighted by Gasteiger charge is 2.19. The van der Waals surface area contributed by atoms with Gasteiger partial charge in [0.2, 0.25) is 5.89 Å². The molecule has 1 heterocycles. The van der Waals surface area contributed by atoms with Crippen LogP contribution in [0.25, 0.3) is 0 Å². The van der Waals surface area contributed by atoms with Crippen LogP contribution in [0.5, 0.6) is 0 Å². The van der Waals surface area contributed by atoms with Gasteiger partial charge >= 0.3 is 5.97 Å². The van der Waals surface area contributed by atoms with Gasteiger partial charge in [-0.15, -0.1) is 11.8 Å². The van der Waals surface area contributed by atoms with Crippen molar-refractivity contribution in [2.24, 2.45) is 0 Å². The SMILES string of the molecule is COC(=O)c1cc(NC(=O)c2ccccc2SCc2nc(C)no2)c(F)cc1F. The predicted octanol–water partition coefficient (Wildman–Crippen LogP) is 3.99. The van der Waals surface area contributed by atoms with Gasteiger partial charge in [0.1, 0.15) is 11.6 Å². The number of nitrogens with one attached hydrogen (secondary N) is 1. The van der Waals surface area contributed by atoms with Crippen molar-refractivity contribution in [3.63, 3.8) is 0 Å². The lowest BCUT2D eigenvalue weighted by molar-refractivity contribution is 0.0595. The summed E-state index contributed by atoms with van der Waals surface area (Å²) >= 11 is 1.29. The van der Waals surface area contributed by atoms with Gasteiger partial charge in [-0.25, -0.2) is 13.6 Å². The molecule has 10 heteroatoms. The fourth-order valence-corrected chi connectivity index (χ4v) is 3.31. The van der Waals surface area contributed by atoms with Crippen molar-refractivity contribution in [2.75, 3.05) is 12.4 Å². The summed E-state index contributed by atoms with van der Waals surface area (Å²) in [5, 5.41) is 6.06. The van der Waals surface area contributed by atoms with E-state index in [4.69, 9.17) is 4.52 Å². The Morgan fingerprint density at radius 2 is 1.93 bits per heavy atom. The largest absolute Gasteiger partial charge is 0.465 e. The zero-order chi connectivity index (χ0) is 21.0. The summed E-state index contributed by atoms with van der Waals surface area (Å²) in [6, 6.07) is 8.07. The number of esters is 1. The minimum atomic E-state index is -1.09. The monoisotopic (exact) mass is 419 g/mol. The number of hydrogen-bond acceptors (Lipinski definition) is 7. The van der Waals surface area contributed by atoms with Crippen molar-refractivity contribution in [3.05, 3.63) is 70.9 Å². The van der Waals surface area contributed by atoms with Gasteiger partial charge < -0.3 is 14.6 Å². The first-order valence-corrected chi connectivity index (χ1v) is 9.27. The number of amides is 1. The van der Waals surface area contributed by atoms with E-state index in [0.717, 1.165) is 13.2 Å². The number of hydrogen-bond donors (Lipinski definition) is 1. The van der Waals surface area contributed by atoms with E-state index in [-0.39, 0.29) is 11.3 Å². The van der Waals surface area contributed by atoms with Crippen molar-refractivity contribution < 1.29 is 27.6 Å². The number of carbonyl (C=O) groups excluding carboxylic acids is 2. The standard InChI is InChI=1S/C19H15F2N3O4S/c1-10-22-17(28-24-10)9-29-16-6-4-3-5-11(16)18(25)23-15-7-12(19(26)27-2)13(20)8-14(15)21/h3-8H,9H2,1-2H3,(H,23,25). The van der Waals surface area contributed by atoms with Crippen molar-refractivity contribution >= 4 is 29.3 Å². The molecule has 0 saturated carbocycles. The minimum Gasteiger partial charge on any atom is -0.465 e. The Morgan fingerprint density at radius 1 is 1.17 bits per heavy atom. The summed E-state index contributed by atoms with van der Waals surface area (Å²) in [7, 11) is 1.07. The Kier molecular flexibility index (Phi) is 6.23. The number of methoxy groups -OCH3 is 1. The molecule has 1 amide bonds. The van der Waals surface area contributed by atoms with Crippen LogP contribution in [0, 0.1) is 18.6 Å². The van der Waals surface area contributed by atoms with E-state index in [1.807, 2.05) is 0 Å². The fraction of sp³-hybridized carbons (Fsp3) is 0.158. The van der Waals surface area contributed by atoms with E-state index in [2.05, 4.69) is 20.2 Å². The molecule has 1 N–H and O–H groups in total. The second-order valence-corrected chi connectivity index (χ2v) is 6.79. The zero-order valence-electron chi connectivity index (χ0n) is 15.4. The maximum Gasteiger partial charge on any atom is 0.340 e. The zero-order valence-corrected chi connectivity index (χ0v) is 16.2. The molecule has 150 valence electrons. The van der Waals surface area contributed by atoms with Crippen molar-refractivity contribution in [3.8, 4) is 0 Å². The van der Waals surface area contributed by atoms with Gasteiger partial charge in [-0.3, -0.25) is 4.79 Å². The van der Waals surface area contributed by atoms with Crippen LogP contribution < -0.4 is 5.32 Å². The van der Waals surface area contributed by atoms with Crippen LogP contribution in [0.4, 0.5) is 14.5 Å². The van der Waals surface area contributed by atoms with Crippen molar-refractivity contribution in [2.45, 2.75) is 17.6 Å². The number of ether oxygens (including phenoxy) is 1. The van der Waals surface area contributed by atoms with Crippen LogP contribution in [0.1, 0.15) is 32.4 Å². The third kappa shape index (κ3) is 4.77. The van der Waals surface area contributed by atoms with Crippen LogP contribution in [0.3, 0.4) is 0 Å². The number of aromatic nitrogens is 2. The molecule has 2 aromatic carbocycles. The van der Waals surface area contributed by atoms with Crippen LogP contribution >= 0.6 is 11.8 Å². The Morgan fingerprint density at radius 3 is 2.62 bits per heavy atom. The molecule has 0 saturated heterocycles. The van der Waals surface area contributed by atoms with E-state index in [1.54, 1.807) is 31.2 Å². The number of rotatable bonds is 6. The molecule has 0 bridgehead atoms. The van der Waals surface area contributed by atoms with Crippen LogP contribution in [-0.2, 0) is 10.5 Å². The molecule has 3 aromatic rings. The Hall–Kier alpha value is -3.27. The predicted molar refractivity (Wildman–Crippen MR) is 101 cm³/mol.